The Labute approximate surface area is 124 Å². The molecule has 0 saturated carbocycles. The Balaban J connectivity index is 1.71. The van der Waals surface area contributed by atoms with Gasteiger partial charge in [0.25, 0.3) is 5.91 Å². The molecule has 4 nitrogen and oxygen atoms in total. The molecule has 0 radical (unpaired) electrons. The lowest BCUT2D eigenvalue weighted by molar-refractivity contribution is 0.0951. The molecule has 4 heteroatoms. The summed E-state index contributed by atoms with van der Waals surface area (Å²) in [5.41, 5.74) is 7.99. The van der Waals surface area contributed by atoms with Gasteiger partial charge >= 0.3 is 0 Å². The first-order valence-corrected chi connectivity index (χ1v) is 6.99. The zero-order chi connectivity index (χ0) is 15.1. The molecule has 1 amide bonds. The zero-order valence-corrected chi connectivity index (χ0v) is 12.1. The van der Waals surface area contributed by atoms with Crippen molar-refractivity contribution in [3.8, 4) is 5.75 Å². The number of nitrogens with one attached hydrogen (secondary N) is 1. The van der Waals surface area contributed by atoms with Crippen LogP contribution < -0.4 is 15.8 Å². The number of carbonyl (C=O) groups excluding carboxylic acids is 1. The van der Waals surface area contributed by atoms with Crippen LogP contribution >= 0.6 is 0 Å². The zero-order valence-electron chi connectivity index (χ0n) is 12.1. The van der Waals surface area contributed by atoms with Crippen LogP contribution in [-0.4, -0.2) is 19.1 Å². The average Bonchev–Trinajstić information content (AvgIpc) is 2.50. The van der Waals surface area contributed by atoms with Crippen LogP contribution in [0.2, 0.25) is 0 Å². The molecule has 2 rings (SSSR count). The second kappa shape index (κ2) is 7.33. The van der Waals surface area contributed by atoms with Crippen molar-refractivity contribution in [1.82, 2.24) is 5.32 Å². The number of hydrogen-bond donors (Lipinski definition) is 2. The van der Waals surface area contributed by atoms with Crippen LogP contribution in [0.3, 0.4) is 0 Å². The van der Waals surface area contributed by atoms with Crippen LogP contribution in [0.5, 0.6) is 5.75 Å². The number of nitrogens with two attached hydrogens (primary N) is 1. The summed E-state index contributed by atoms with van der Waals surface area (Å²) in [6, 6.07) is 15.0. The fourth-order valence-corrected chi connectivity index (χ4v) is 1.86. The molecule has 0 aliphatic heterocycles. The van der Waals surface area contributed by atoms with E-state index in [-0.39, 0.29) is 5.91 Å². The van der Waals surface area contributed by atoms with Gasteiger partial charge < -0.3 is 15.8 Å². The molecular formula is C17H20N2O2. The maximum atomic E-state index is 11.9. The third-order valence-electron chi connectivity index (χ3n) is 3.16. The fraction of sp³-hybridized carbons (Fsp3) is 0.235. The van der Waals surface area contributed by atoms with Gasteiger partial charge in [-0.25, -0.2) is 0 Å². The summed E-state index contributed by atoms with van der Waals surface area (Å²) in [4.78, 5) is 11.9. The van der Waals surface area contributed by atoms with E-state index in [0.717, 1.165) is 17.7 Å². The second-order valence-electron chi connectivity index (χ2n) is 4.84. The van der Waals surface area contributed by atoms with E-state index in [1.807, 2.05) is 43.3 Å². The molecule has 110 valence electrons. The van der Waals surface area contributed by atoms with E-state index >= 15 is 0 Å². The molecule has 0 aromatic heterocycles. The lowest BCUT2D eigenvalue weighted by Gasteiger charge is -2.08. The van der Waals surface area contributed by atoms with Gasteiger partial charge in [0.15, 0.2) is 0 Å². The first-order valence-electron chi connectivity index (χ1n) is 6.99. The molecule has 2 aromatic carbocycles. The monoisotopic (exact) mass is 284 g/mol. The summed E-state index contributed by atoms with van der Waals surface area (Å²) in [6.45, 7) is 3.05. The van der Waals surface area contributed by atoms with Crippen molar-refractivity contribution in [2.24, 2.45) is 0 Å². The second-order valence-corrected chi connectivity index (χ2v) is 4.84. The number of carbonyl (C=O) groups is 1. The van der Waals surface area contributed by atoms with Crippen molar-refractivity contribution >= 4 is 11.6 Å². The van der Waals surface area contributed by atoms with Gasteiger partial charge in [-0.3, -0.25) is 4.79 Å². The maximum absolute atomic E-state index is 11.9. The Bertz CT molecular complexity index is 597. The van der Waals surface area contributed by atoms with Crippen molar-refractivity contribution in [3.63, 3.8) is 0 Å². The van der Waals surface area contributed by atoms with Gasteiger partial charge in [-0.1, -0.05) is 24.3 Å². The molecule has 0 aliphatic carbocycles. The molecule has 0 fully saturated rings. The van der Waals surface area contributed by atoms with Gasteiger partial charge in [-0.2, -0.15) is 0 Å². The first kappa shape index (κ1) is 14.9. The number of amides is 1. The van der Waals surface area contributed by atoms with E-state index < -0.39 is 0 Å². The lowest BCUT2D eigenvalue weighted by Crippen LogP contribution is -2.25. The normalized spacial score (nSPS) is 10.1. The highest BCUT2D eigenvalue weighted by molar-refractivity contribution is 5.95. The molecule has 0 atom stereocenters. The Morgan fingerprint density at radius 2 is 1.95 bits per heavy atom. The van der Waals surface area contributed by atoms with E-state index in [0.29, 0.717) is 24.4 Å². The molecule has 0 heterocycles. The summed E-state index contributed by atoms with van der Waals surface area (Å²) in [5.74, 6) is 0.733. The van der Waals surface area contributed by atoms with Gasteiger partial charge in [0, 0.05) is 17.8 Å². The number of aryl methyl sites for hydroxylation is 1. The molecule has 0 spiro atoms. The number of para-hydroxylation sites is 1. The minimum atomic E-state index is -0.110. The van der Waals surface area contributed by atoms with Gasteiger partial charge in [0.2, 0.25) is 0 Å². The highest BCUT2D eigenvalue weighted by Crippen LogP contribution is 2.12. The van der Waals surface area contributed by atoms with Crippen LogP contribution in [0.4, 0.5) is 5.69 Å². The third kappa shape index (κ3) is 4.53. The van der Waals surface area contributed by atoms with Gasteiger partial charge in [0.1, 0.15) is 5.75 Å². The first-order chi connectivity index (χ1) is 10.2. The molecule has 0 aliphatic rings. The SMILES string of the molecule is Cc1ccc(C(=O)NCCCOc2ccccc2)cc1N. The van der Waals surface area contributed by atoms with E-state index in [1.54, 1.807) is 12.1 Å². The van der Waals surface area contributed by atoms with Crippen LogP contribution in [0.15, 0.2) is 48.5 Å². The van der Waals surface area contributed by atoms with E-state index in [2.05, 4.69) is 5.32 Å². The minimum Gasteiger partial charge on any atom is -0.494 e. The van der Waals surface area contributed by atoms with Crippen molar-refractivity contribution in [2.75, 3.05) is 18.9 Å². The largest absolute Gasteiger partial charge is 0.494 e. The number of benzene rings is 2. The number of nitrogen functional groups attached to an aromatic ring is 1. The van der Waals surface area contributed by atoms with E-state index in [1.165, 1.54) is 0 Å². The Morgan fingerprint density at radius 1 is 1.19 bits per heavy atom. The third-order valence-corrected chi connectivity index (χ3v) is 3.16. The molecule has 21 heavy (non-hydrogen) atoms. The quantitative estimate of drug-likeness (QED) is 0.633. The standard InChI is InChI=1S/C17H20N2O2/c1-13-8-9-14(12-16(13)18)17(20)19-10-5-11-21-15-6-3-2-4-7-15/h2-4,6-9,12H,5,10-11,18H2,1H3,(H,19,20). The Morgan fingerprint density at radius 3 is 2.67 bits per heavy atom. The molecule has 0 saturated heterocycles. The predicted octanol–water partition coefficient (Wildman–Crippen LogP) is 2.78. The maximum Gasteiger partial charge on any atom is 0.251 e. The molecule has 0 bridgehead atoms. The number of hydrogen-bond acceptors (Lipinski definition) is 3. The van der Waals surface area contributed by atoms with Crippen LogP contribution in [0.25, 0.3) is 0 Å². The van der Waals surface area contributed by atoms with Crippen molar-refractivity contribution in [2.45, 2.75) is 13.3 Å². The van der Waals surface area contributed by atoms with Crippen LogP contribution in [0.1, 0.15) is 22.3 Å². The van der Waals surface area contributed by atoms with Gasteiger partial charge in [0.05, 0.1) is 6.61 Å². The van der Waals surface area contributed by atoms with E-state index in [9.17, 15) is 4.79 Å². The Hall–Kier alpha value is -2.49. The number of rotatable bonds is 6. The highest BCUT2D eigenvalue weighted by Gasteiger charge is 2.06. The Kier molecular flexibility index (Phi) is 5.21. The molecule has 0 unspecified atom stereocenters. The average molecular weight is 284 g/mol. The van der Waals surface area contributed by atoms with E-state index in [4.69, 9.17) is 10.5 Å². The minimum absolute atomic E-state index is 0.110. The van der Waals surface area contributed by atoms with Gasteiger partial charge in [-0.15, -0.1) is 0 Å². The summed E-state index contributed by atoms with van der Waals surface area (Å²) in [6.07, 6.45) is 0.752. The van der Waals surface area contributed by atoms with Crippen LogP contribution in [-0.2, 0) is 0 Å². The van der Waals surface area contributed by atoms with Crippen molar-refractivity contribution in [3.05, 3.63) is 59.7 Å². The van der Waals surface area contributed by atoms with Gasteiger partial charge in [-0.05, 0) is 43.2 Å². The van der Waals surface area contributed by atoms with Crippen LogP contribution in [0, 0.1) is 6.92 Å². The lowest BCUT2D eigenvalue weighted by atomic mass is 10.1. The summed E-state index contributed by atoms with van der Waals surface area (Å²) >= 11 is 0. The summed E-state index contributed by atoms with van der Waals surface area (Å²) < 4.78 is 5.56. The predicted molar refractivity (Wildman–Crippen MR) is 84.5 cm³/mol. The molecule has 2 aromatic rings. The number of ether oxygens (including phenoxy) is 1. The van der Waals surface area contributed by atoms with Crippen molar-refractivity contribution < 1.29 is 9.53 Å². The summed E-state index contributed by atoms with van der Waals surface area (Å²) in [5, 5.41) is 2.86. The summed E-state index contributed by atoms with van der Waals surface area (Å²) in [7, 11) is 0. The molecule has 3 N–H and O–H groups in total. The van der Waals surface area contributed by atoms with Crippen molar-refractivity contribution in [1.29, 1.82) is 0 Å². The highest BCUT2D eigenvalue weighted by atomic mass is 16.5. The smallest absolute Gasteiger partial charge is 0.251 e. The topological polar surface area (TPSA) is 64.3 Å². The molecular weight excluding hydrogens is 264 g/mol. The fourth-order valence-electron chi connectivity index (χ4n) is 1.86. The number of anilines is 1.